The van der Waals surface area contributed by atoms with E-state index in [-0.39, 0.29) is 0 Å². The first-order chi connectivity index (χ1) is 8.24. The Labute approximate surface area is 103 Å². The highest BCUT2D eigenvalue weighted by Crippen LogP contribution is 2.11. The average molecular weight is 239 g/mol. The Morgan fingerprint density at radius 3 is 2.59 bits per heavy atom. The van der Waals surface area contributed by atoms with Crippen LogP contribution in [0, 0.1) is 0 Å². The predicted molar refractivity (Wildman–Crippen MR) is 66.2 cm³/mol. The van der Waals surface area contributed by atoms with E-state index in [1.165, 1.54) is 31.8 Å². The fourth-order valence-electron chi connectivity index (χ4n) is 1.49. The quantitative estimate of drug-likeness (QED) is 0.193. The normalized spacial score (nSPS) is 11.4. The van der Waals surface area contributed by atoms with E-state index < -0.39 is 12.2 Å². The Bertz CT molecular complexity index is 270. The molecule has 0 radical (unpaired) electrons. The Kier molecular flexibility index (Phi) is 10.2. The van der Waals surface area contributed by atoms with Crippen molar-refractivity contribution >= 4 is 12.0 Å². The second-order valence-corrected chi connectivity index (χ2v) is 3.87. The highest BCUT2D eigenvalue weighted by molar-refractivity contribution is 5.81. The van der Waals surface area contributed by atoms with Crippen LogP contribution in [0.2, 0.25) is 0 Å². The number of carbonyl (C=O) groups excluding carboxylic acids is 2. The van der Waals surface area contributed by atoms with Crippen LogP contribution >= 0.6 is 0 Å². The van der Waals surface area contributed by atoms with E-state index >= 15 is 0 Å². The molecule has 0 saturated heterocycles. The van der Waals surface area contributed by atoms with Crippen LogP contribution in [-0.2, 0) is 14.3 Å². The molecule has 0 heterocycles. The zero-order chi connectivity index (χ0) is 12.9. The summed E-state index contributed by atoms with van der Waals surface area (Å²) in [7, 11) is 0. The molecule has 0 aliphatic carbocycles. The number of isocyanates is 1. The fourth-order valence-corrected chi connectivity index (χ4v) is 1.49. The van der Waals surface area contributed by atoms with Crippen molar-refractivity contribution in [3.63, 3.8) is 0 Å². The van der Waals surface area contributed by atoms with Gasteiger partial charge in [0, 0.05) is 12.5 Å². The molecule has 0 amide bonds. The zero-order valence-electron chi connectivity index (χ0n) is 10.5. The largest absolute Gasteiger partial charge is 0.436 e. The lowest BCUT2D eigenvalue weighted by atomic mass is 10.1. The summed E-state index contributed by atoms with van der Waals surface area (Å²) in [5.74, 6) is -0.556. The molecule has 4 heteroatoms. The van der Waals surface area contributed by atoms with Gasteiger partial charge in [-0.15, -0.1) is 0 Å². The van der Waals surface area contributed by atoms with Gasteiger partial charge >= 0.3 is 5.97 Å². The molecule has 0 fully saturated rings. The Hall–Kier alpha value is -1.41. The van der Waals surface area contributed by atoms with Gasteiger partial charge in [-0.1, -0.05) is 45.6 Å². The van der Waals surface area contributed by atoms with Gasteiger partial charge in [-0.05, 0) is 6.42 Å². The van der Waals surface area contributed by atoms with Gasteiger partial charge in [0.25, 0.3) is 0 Å². The second-order valence-electron chi connectivity index (χ2n) is 3.87. The summed E-state index contributed by atoms with van der Waals surface area (Å²) >= 11 is 0. The van der Waals surface area contributed by atoms with E-state index in [1.807, 2.05) is 0 Å². The van der Waals surface area contributed by atoms with Crippen LogP contribution in [0.1, 0.15) is 51.9 Å². The number of hydrogen-bond donors (Lipinski definition) is 0. The molecule has 0 aliphatic heterocycles. The first-order valence-corrected chi connectivity index (χ1v) is 6.14. The maximum Gasteiger partial charge on any atom is 0.332 e. The molecular weight excluding hydrogens is 218 g/mol. The molecule has 17 heavy (non-hydrogen) atoms. The molecule has 96 valence electrons. The van der Waals surface area contributed by atoms with Crippen molar-refractivity contribution in [3.05, 3.63) is 12.7 Å². The summed E-state index contributed by atoms with van der Waals surface area (Å²) in [4.78, 5) is 24.5. The van der Waals surface area contributed by atoms with Gasteiger partial charge in [0.15, 0.2) is 0 Å². The minimum Gasteiger partial charge on any atom is -0.436 e. The van der Waals surface area contributed by atoms with E-state index in [9.17, 15) is 9.59 Å². The molecule has 1 atom stereocenters. The zero-order valence-corrected chi connectivity index (χ0v) is 10.5. The molecule has 0 spiro atoms. The predicted octanol–water partition coefficient (Wildman–Crippen LogP) is 3.13. The highest BCUT2D eigenvalue weighted by atomic mass is 16.6. The third kappa shape index (κ3) is 9.52. The lowest BCUT2D eigenvalue weighted by Gasteiger charge is -2.10. The van der Waals surface area contributed by atoms with Crippen LogP contribution in [0.3, 0.4) is 0 Å². The summed E-state index contributed by atoms with van der Waals surface area (Å²) in [5.41, 5.74) is 0. The van der Waals surface area contributed by atoms with E-state index in [1.54, 1.807) is 0 Å². The summed E-state index contributed by atoms with van der Waals surface area (Å²) < 4.78 is 4.88. The number of nitrogens with zero attached hydrogens (tertiary/aromatic N) is 1. The van der Waals surface area contributed by atoms with Crippen LogP contribution in [-0.4, -0.2) is 18.3 Å². The summed E-state index contributed by atoms with van der Waals surface area (Å²) in [6.45, 7) is 5.46. The van der Waals surface area contributed by atoms with Crippen LogP contribution in [0.4, 0.5) is 0 Å². The second kappa shape index (κ2) is 11.1. The van der Waals surface area contributed by atoms with Crippen LogP contribution in [0.25, 0.3) is 0 Å². The van der Waals surface area contributed by atoms with Gasteiger partial charge in [0.1, 0.15) is 0 Å². The smallest absolute Gasteiger partial charge is 0.332 e. The fraction of sp³-hybridized carbons (Fsp3) is 0.692. The summed E-state index contributed by atoms with van der Waals surface area (Å²) in [6.07, 6.45) is 9.17. The number of rotatable bonds is 10. The standard InChI is InChI=1S/C13H21NO3/c1-3-5-6-7-8-9-10-12(14-11-15)17-13(16)4-2/h4,12H,2-3,5-10H2,1H3. The summed E-state index contributed by atoms with van der Waals surface area (Å²) in [5, 5.41) is 0. The molecule has 0 aromatic heterocycles. The number of aliphatic imine (C=N–C) groups is 1. The monoisotopic (exact) mass is 239 g/mol. The van der Waals surface area contributed by atoms with Crippen molar-refractivity contribution < 1.29 is 14.3 Å². The maximum atomic E-state index is 10.9. The molecule has 1 unspecified atom stereocenters. The van der Waals surface area contributed by atoms with Crippen molar-refractivity contribution in [2.45, 2.75) is 58.1 Å². The van der Waals surface area contributed by atoms with Gasteiger partial charge in [-0.3, -0.25) is 0 Å². The molecule has 0 aromatic rings. The van der Waals surface area contributed by atoms with Crippen LogP contribution in [0.15, 0.2) is 17.6 Å². The van der Waals surface area contributed by atoms with Crippen molar-refractivity contribution in [1.82, 2.24) is 0 Å². The van der Waals surface area contributed by atoms with Crippen molar-refractivity contribution in [3.8, 4) is 0 Å². The molecule has 0 aliphatic rings. The average Bonchev–Trinajstić information content (AvgIpc) is 2.33. The van der Waals surface area contributed by atoms with Gasteiger partial charge in [-0.25, -0.2) is 9.59 Å². The molecule has 0 bridgehead atoms. The van der Waals surface area contributed by atoms with Gasteiger partial charge in [0.2, 0.25) is 12.3 Å². The Morgan fingerprint density at radius 1 is 1.35 bits per heavy atom. The molecule has 0 saturated carbocycles. The van der Waals surface area contributed by atoms with Gasteiger partial charge in [-0.2, -0.15) is 4.99 Å². The Morgan fingerprint density at radius 2 is 2.00 bits per heavy atom. The van der Waals surface area contributed by atoms with E-state index in [0.717, 1.165) is 18.9 Å². The van der Waals surface area contributed by atoms with Gasteiger partial charge < -0.3 is 4.74 Å². The third-order valence-electron chi connectivity index (χ3n) is 2.42. The van der Waals surface area contributed by atoms with E-state index in [2.05, 4.69) is 18.5 Å². The SMILES string of the molecule is C=CC(=O)OC(CCCCCCCC)N=C=O. The third-order valence-corrected chi connectivity index (χ3v) is 2.42. The van der Waals surface area contributed by atoms with Crippen LogP contribution < -0.4 is 0 Å². The number of carbonyl (C=O) groups is 1. The van der Waals surface area contributed by atoms with E-state index in [0.29, 0.717) is 6.42 Å². The molecule has 4 nitrogen and oxygen atoms in total. The maximum absolute atomic E-state index is 10.9. The number of esters is 1. The number of ether oxygens (including phenoxy) is 1. The highest BCUT2D eigenvalue weighted by Gasteiger charge is 2.10. The summed E-state index contributed by atoms with van der Waals surface area (Å²) in [6, 6.07) is 0. The topological polar surface area (TPSA) is 55.7 Å². The first kappa shape index (κ1) is 15.6. The molecular formula is C13H21NO3. The lowest BCUT2D eigenvalue weighted by Crippen LogP contribution is -2.14. The van der Waals surface area contributed by atoms with Crippen molar-refractivity contribution in [2.24, 2.45) is 4.99 Å². The van der Waals surface area contributed by atoms with Crippen molar-refractivity contribution in [1.29, 1.82) is 0 Å². The molecule has 0 N–H and O–H groups in total. The minimum atomic E-state index is -0.704. The Balaban J connectivity index is 3.73. The van der Waals surface area contributed by atoms with Crippen molar-refractivity contribution in [2.75, 3.05) is 0 Å². The molecule has 0 aromatic carbocycles. The number of unbranched alkanes of at least 4 members (excludes halogenated alkanes) is 5. The number of hydrogen-bond acceptors (Lipinski definition) is 4. The van der Waals surface area contributed by atoms with E-state index in [4.69, 9.17) is 4.74 Å². The minimum absolute atomic E-state index is 0.556. The van der Waals surface area contributed by atoms with Crippen LogP contribution in [0.5, 0.6) is 0 Å². The lowest BCUT2D eigenvalue weighted by molar-refractivity contribution is -0.142. The molecule has 0 rings (SSSR count). The van der Waals surface area contributed by atoms with Gasteiger partial charge in [0.05, 0.1) is 0 Å². The first-order valence-electron chi connectivity index (χ1n) is 6.14.